The molecule has 24 heavy (non-hydrogen) atoms. The maximum atomic E-state index is 12.5. The highest BCUT2D eigenvalue weighted by Gasteiger charge is 2.25. The Balaban J connectivity index is 2.47. The van der Waals surface area contributed by atoms with Crippen molar-refractivity contribution in [3.63, 3.8) is 0 Å². The number of carbonyl (C=O) groups is 1. The molecule has 0 amide bonds. The average molecular weight is 353 g/mol. The minimum atomic E-state index is -3.29. The molecule has 2 aromatic rings. The van der Waals surface area contributed by atoms with Crippen LogP contribution in [0.2, 0.25) is 0 Å². The predicted octanol–water partition coefficient (Wildman–Crippen LogP) is 1.66. The number of hydrogen-bond acceptors (Lipinski definition) is 8. The van der Waals surface area contributed by atoms with Gasteiger partial charge >= 0.3 is 13.6 Å². The number of methoxy groups -OCH3 is 1. The second kappa shape index (κ2) is 7.81. The zero-order chi connectivity index (χ0) is 17.7. The van der Waals surface area contributed by atoms with Crippen LogP contribution in [-0.4, -0.2) is 43.3 Å². The van der Waals surface area contributed by atoms with Gasteiger partial charge in [-0.25, -0.2) is 0 Å². The Bertz CT molecular complexity index is 775. The number of esters is 1. The van der Waals surface area contributed by atoms with Crippen LogP contribution in [-0.2, 0) is 35.7 Å². The number of rotatable bonds is 7. The van der Waals surface area contributed by atoms with Crippen LogP contribution in [0.1, 0.15) is 11.1 Å². The van der Waals surface area contributed by atoms with Crippen LogP contribution < -0.4 is 5.73 Å². The molecule has 8 nitrogen and oxygen atoms in total. The number of nitrogens with two attached hydrogens (primary N) is 1. The third-order valence-electron chi connectivity index (χ3n) is 3.65. The van der Waals surface area contributed by atoms with E-state index in [0.717, 1.165) is 5.56 Å². The summed E-state index contributed by atoms with van der Waals surface area (Å²) >= 11 is 0. The Labute approximate surface area is 139 Å². The number of carbonyl (C=O) groups excluding carboxylic acids is 1. The number of fused-ring (bicyclic) bond motifs is 1. The Hall–Kier alpha value is -1.86. The maximum absolute atomic E-state index is 12.5. The lowest BCUT2D eigenvalue weighted by molar-refractivity contribution is -0.142. The van der Waals surface area contributed by atoms with Crippen molar-refractivity contribution in [3.8, 4) is 0 Å². The van der Waals surface area contributed by atoms with Crippen LogP contribution in [0.15, 0.2) is 24.5 Å². The molecule has 2 rings (SSSR count). The maximum Gasteiger partial charge on any atom is 0.334 e. The van der Waals surface area contributed by atoms with Crippen LogP contribution in [0.4, 0.5) is 0 Å². The molecule has 0 aliphatic heterocycles. The van der Waals surface area contributed by atoms with Crippen LogP contribution >= 0.6 is 7.60 Å². The summed E-state index contributed by atoms with van der Waals surface area (Å²) in [5.41, 5.74) is 8.54. The van der Waals surface area contributed by atoms with Gasteiger partial charge in [0.25, 0.3) is 0 Å². The van der Waals surface area contributed by atoms with Crippen molar-refractivity contribution >= 4 is 24.6 Å². The molecule has 2 N–H and O–H groups in total. The average Bonchev–Trinajstić information content (AvgIpc) is 2.61. The summed E-state index contributed by atoms with van der Waals surface area (Å²) in [5.74, 6) is -0.526. The quantitative estimate of drug-likeness (QED) is 0.590. The van der Waals surface area contributed by atoms with Crippen molar-refractivity contribution in [1.82, 2.24) is 9.97 Å². The lowest BCUT2D eigenvalue weighted by Crippen LogP contribution is -2.34. The third-order valence-corrected chi connectivity index (χ3v) is 5.50. The number of aromatic nitrogens is 2. The van der Waals surface area contributed by atoms with E-state index in [1.807, 2.05) is 0 Å². The monoisotopic (exact) mass is 353 g/mol. The Morgan fingerprint density at radius 2 is 1.67 bits per heavy atom. The molecule has 0 radical (unpaired) electrons. The first-order valence-electron chi connectivity index (χ1n) is 7.19. The van der Waals surface area contributed by atoms with Gasteiger partial charge in [-0.2, -0.15) is 0 Å². The fourth-order valence-electron chi connectivity index (χ4n) is 2.32. The van der Waals surface area contributed by atoms with Crippen LogP contribution in [0.5, 0.6) is 0 Å². The van der Waals surface area contributed by atoms with Gasteiger partial charge in [-0.15, -0.1) is 0 Å². The predicted molar refractivity (Wildman–Crippen MR) is 88.6 cm³/mol. The summed E-state index contributed by atoms with van der Waals surface area (Å²) in [6, 6.07) is 2.69. The summed E-state index contributed by atoms with van der Waals surface area (Å²) in [7, 11) is 0.638. The number of hydrogen-bond donors (Lipinski definition) is 1. The summed E-state index contributed by atoms with van der Waals surface area (Å²) in [4.78, 5) is 20.1. The van der Waals surface area contributed by atoms with Gasteiger partial charge in [-0.3, -0.25) is 19.3 Å². The molecular weight excluding hydrogens is 333 g/mol. The Morgan fingerprint density at radius 1 is 1.12 bits per heavy atom. The Kier molecular flexibility index (Phi) is 6.01. The lowest BCUT2D eigenvalue weighted by Gasteiger charge is -2.18. The van der Waals surface area contributed by atoms with E-state index in [2.05, 4.69) is 14.7 Å². The summed E-state index contributed by atoms with van der Waals surface area (Å²) in [6.45, 7) is 0. The van der Waals surface area contributed by atoms with E-state index < -0.39 is 19.6 Å². The number of nitrogens with zero attached hydrogens (tertiary/aromatic N) is 2. The summed E-state index contributed by atoms with van der Waals surface area (Å²) in [6.07, 6.45) is 3.39. The fourth-order valence-corrected chi connectivity index (χ4v) is 3.44. The zero-order valence-corrected chi connectivity index (χ0v) is 14.7. The van der Waals surface area contributed by atoms with Crippen molar-refractivity contribution in [2.75, 3.05) is 21.3 Å². The smallest absolute Gasteiger partial charge is 0.334 e. The minimum absolute atomic E-state index is 0.0374. The van der Waals surface area contributed by atoms with Gasteiger partial charge in [0.05, 0.1) is 24.3 Å². The van der Waals surface area contributed by atoms with Gasteiger partial charge in [-0.1, -0.05) is 0 Å². The van der Waals surface area contributed by atoms with Crippen LogP contribution in [0, 0.1) is 0 Å². The van der Waals surface area contributed by atoms with Gasteiger partial charge < -0.3 is 19.5 Å². The first-order chi connectivity index (χ1) is 11.4. The van der Waals surface area contributed by atoms with Gasteiger partial charge in [-0.05, 0) is 29.7 Å². The highest BCUT2D eigenvalue weighted by atomic mass is 31.2. The topological polar surface area (TPSA) is 114 Å². The molecule has 0 saturated heterocycles. The van der Waals surface area contributed by atoms with E-state index in [0.29, 0.717) is 16.6 Å². The Morgan fingerprint density at radius 3 is 2.17 bits per heavy atom. The van der Waals surface area contributed by atoms with E-state index in [4.69, 9.17) is 14.8 Å². The first kappa shape index (κ1) is 18.5. The van der Waals surface area contributed by atoms with E-state index >= 15 is 0 Å². The molecule has 1 unspecified atom stereocenters. The van der Waals surface area contributed by atoms with Gasteiger partial charge in [0.2, 0.25) is 0 Å². The molecule has 1 heterocycles. The van der Waals surface area contributed by atoms with Crippen LogP contribution in [0.3, 0.4) is 0 Å². The third kappa shape index (κ3) is 4.15. The largest absolute Gasteiger partial charge is 0.468 e. The molecule has 1 atom stereocenters. The molecule has 0 saturated carbocycles. The second-order valence-corrected chi connectivity index (χ2v) is 7.40. The van der Waals surface area contributed by atoms with Crippen molar-refractivity contribution in [3.05, 3.63) is 35.7 Å². The molecule has 0 bridgehead atoms. The molecule has 0 aliphatic rings. The van der Waals surface area contributed by atoms with Crippen molar-refractivity contribution < 1.29 is 23.1 Å². The molecule has 9 heteroatoms. The number of benzene rings is 1. The van der Waals surface area contributed by atoms with Crippen molar-refractivity contribution in [2.24, 2.45) is 5.73 Å². The molecule has 130 valence electrons. The zero-order valence-electron chi connectivity index (χ0n) is 13.8. The van der Waals surface area contributed by atoms with Gasteiger partial charge in [0.15, 0.2) is 0 Å². The van der Waals surface area contributed by atoms with E-state index in [1.54, 1.807) is 24.5 Å². The minimum Gasteiger partial charge on any atom is -0.468 e. The second-order valence-electron chi connectivity index (χ2n) is 5.13. The van der Waals surface area contributed by atoms with E-state index in [9.17, 15) is 9.36 Å². The SMILES string of the molecule is COC(=O)C(N)Cc1cc2nccnc2cc1CP(=O)(OC)OC. The summed E-state index contributed by atoms with van der Waals surface area (Å²) in [5, 5.41) is 0. The first-order valence-corrected chi connectivity index (χ1v) is 8.91. The van der Waals surface area contributed by atoms with Gasteiger partial charge in [0.1, 0.15) is 6.04 Å². The number of ether oxygens (including phenoxy) is 1. The molecule has 0 aliphatic carbocycles. The normalized spacial score (nSPS) is 13.0. The highest BCUT2D eigenvalue weighted by Crippen LogP contribution is 2.50. The molecule has 1 aromatic carbocycles. The molecule has 1 aromatic heterocycles. The van der Waals surface area contributed by atoms with Crippen LogP contribution in [0.25, 0.3) is 11.0 Å². The molecule has 0 spiro atoms. The summed E-state index contributed by atoms with van der Waals surface area (Å²) < 4.78 is 27.2. The lowest BCUT2D eigenvalue weighted by atomic mass is 10.0. The molecular formula is C15H20N3O5P. The van der Waals surface area contributed by atoms with E-state index in [-0.39, 0.29) is 12.6 Å². The standard InChI is InChI=1S/C15H20N3O5P/c1-21-15(19)12(16)6-10-7-13-14(18-5-4-17-13)8-11(10)9-24(20,22-2)23-3/h4-5,7-8,12H,6,9,16H2,1-3H3. The van der Waals surface area contributed by atoms with Crippen molar-refractivity contribution in [1.29, 1.82) is 0 Å². The van der Waals surface area contributed by atoms with Crippen molar-refractivity contribution in [2.45, 2.75) is 18.6 Å². The molecule has 0 fully saturated rings. The highest BCUT2D eigenvalue weighted by molar-refractivity contribution is 7.52. The van der Waals surface area contributed by atoms with E-state index in [1.165, 1.54) is 21.3 Å². The fraction of sp³-hybridized carbons (Fsp3) is 0.400. The van der Waals surface area contributed by atoms with Gasteiger partial charge in [0, 0.05) is 26.6 Å².